The molecule has 0 unspecified atom stereocenters. The van der Waals surface area contributed by atoms with Crippen molar-refractivity contribution < 1.29 is 14.0 Å². The molecule has 1 aromatic heterocycles. The maximum absolute atomic E-state index is 12.9. The highest BCUT2D eigenvalue weighted by atomic mass is 79.9. The molecule has 27 heavy (non-hydrogen) atoms. The number of hydrazine groups is 1. The molecule has 0 atom stereocenters. The van der Waals surface area contributed by atoms with Crippen molar-refractivity contribution in [3.8, 4) is 5.69 Å². The Balaban J connectivity index is 1.62. The molecule has 2 N–H and O–H groups in total. The molecule has 0 saturated heterocycles. The third-order valence-electron chi connectivity index (χ3n) is 3.92. The summed E-state index contributed by atoms with van der Waals surface area (Å²) in [6.07, 6.45) is 1.47. The first-order chi connectivity index (χ1) is 12.9. The van der Waals surface area contributed by atoms with E-state index >= 15 is 0 Å². The molecule has 8 heteroatoms. The number of nitrogens with zero attached hydrogens (tertiary/aromatic N) is 2. The Morgan fingerprint density at radius 2 is 1.74 bits per heavy atom. The zero-order chi connectivity index (χ0) is 19.4. The van der Waals surface area contributed by atoms with Crippen LogP contribution in [0.4, 0.5) is 4.39 Å². The Bertz CT molecular complexity index is 968. The molecule has 0 radical (unpaired) electrons. The molecule has 0 spiro atoms. The lowest BCUT2D eigenvalue weighted by atomic mass is 10.1. The Kier molecular flexibility index (Phi) is 5.66. The predicted molar refractivity (Wildman–Crippen MR) is 102 cm³/mol. The summed E-state index contributed by atoms with van der Waals surface area (Å²) in [5.41, 5.74) is 7.17. The molecule has 0 aliphatic carbocycles. The van der Waals surface area contributed by atoms with Gasteiger partial charge in [-0.15, -0.1) is 0 Å². The summed E-state index contributed by atoms with van der Waals surface area (Å²) >= 11 is 3.37. The third kappa shape index (κ3) is 4.59. The molecule has 138 valence electrons. The topological polar surface area (TPSA) is 76.0 Å². The second-order valence-corrected chi connectivity index (χ2v) is 6.75. The van der Waals surface area contributed by atoms with E-state index in [1.807, 2.05) is 24.3 Å². The molecule has 0 aliphatic heterocycles. The van der Waals surface area contributed by atoms with Gasteiger partial charge in [0.1, 0.15) is 5.82 Å². The van der Waals surface area contributed by atoms with Crippen molar-refractivity contribution in [3.63, 3.8) is 0 Å². The number of carbonyl (C=O) groups excluding carboxylic acids is 2. The van der Waals surface area contributed by atoms with Gasteiger partial charge in [0.15, 0.2) is 0 Å². The summed E-state index contributed by atoms with van der Waals surface area (Å²) in [7, 11) is 0. The first kappa shape index (κ1) is 18.8. The van der Waals surface area contributed by atoms with Gasteiger partial charge in [-0.2, -0.15) is 5.10 Å². The van der Waals surface area contributed by atoms with E-state index in [1.54, 1.807) is 11.6 Å². The van der Waals surface area contributed by atoms with Gasteiger partial charge in [0.2, 0.25) is 5.91 Å². The van der Waals surface area contributed by atoms with Crippen LogP contribution in [0.3, 0.4) is 0 Å². The number of carbonyl (C=O) groups is 2. The van der Waals surface area contributed by atoms with E-state index < -0.39 is 11.8 Å². The number of benzene rings is 2. The van der Waals surface area contributed by atoms with Crippen LogP contribution in [-0.2, 0) is 11.2 Å². The van der Waals surface area contributed by atoms with Crippen molar-refractivity contribution in [1.29, 1.82) is 0 Å². The van der Waals surface area contributed by atoms with Crippen molar-refractivity contribution >= 4 is 27.7 Å². The molecular formula is C19H16BrFN4O2. The van der Waals surface area contributed by atoms with Crippen LogP contribution in [-0.4, -0.2) is 21.6 Å². The average Bonchev–Trinajstić information content (AvgIpc) is 3.04. The number of rotatable bonds is 4. The summed E-state index contributed by atoms with van der Waals surface area (Å²) in [6, 6.07) is 13.1. The Labute approximate surface area is 163 Å². The van der Waals surface area contributed by atoms with Crippen LogP contribution in [0.5, 0.6) is 0 Å². The monoisotopic (exact) mass is 430 g/mol. The van der Waals surface area contributed by atoms with Gasteiger partial charge in [-0.05, 0) is 48.9 Å². The van der Waals surface area contributed by atoms with Gasteiger partial charge in [-0.3, -0.25) is 20.4 Å². The zero-order valence-electron chi connectivity index (χ0n) is 14.4. The van der Waals surface area contributed by atoms with Crippen molar-refractivity contribution in [3.05, 3.63) is 81.8 Å². The summed E-state index contributed by atoms with van der Waals surface area (Å²) < 4.78 is 15.5. The Morgan fingerprint density at radius 1 is 1.07 bits per heavy atom. The van der Waals surface area contributed by atoms with Gasteiger partial charge in [-0.25, -0.2) is 9.07 Å². The fraction of sp³-hybridized carbons (Fsp3) is 0.105. The Hall–Kier alpha value is -3.00. The van der Waals surface area contributed by atoms with Gasteiger partial charge in [0, 0.05) is 4.47 Å². The largest absolute Gasteiger partial charge is 0.273 e. The molecule has 1 heterocycles. The average molecular weight is 431 g/mol. The molecule has 6 nitrogen and oxygen atoms in total. The summed E-state index contributed by atoms with van der Waals surface area (Å²) in [6.45, 7) is 1.77. The minimum atomic E-state index is -0.469. The van der Waals surface area contributed by atoms with Crippen LogP contribution >= 0.6 is 15.9 Å². The van der Waals surface area contributed by atoms with E-state index in [-0.39, 0.29) is 12.2 Å². The fourth-order valence-corrected chi connectivity index (χ4v) is 2.77. The summed E-state index contributed by atoms with van der Waals surface area (Å²) in [4.78, 5) is 24.3. The highest BCUT2D eigenvalue weighted by molar-refractivity contribution is 9.10. The lowest BCUT2D eigenvalue weighted by Gasteiger charge is -2.08. The minimum Gasteiger partial charge on any atom is -0.273 e. The van der Waals surface area contributed by atoms with Crippen molar-refractivity contribution in [2.75, 3.05) is 0 Å². The standard InChI is InChI=1S/C19H16BrFN4O2/c1-12-17(11-22-25(12)16-8-4-14(20)5-9-16)19(27)24-23-18(26)10-13-2-6-15(21)7-3-13/h2-9,11H,10H2,1H3,(H,23,26)(H,24,27). The molecule has 0 fully saturated rings. The van der Waals surface area contributed by atoms with Crippen LogP contribution in [0.1, 0.15) is 21.6 Å². The number of aromatic nitrogens is 2. The maximum atomic E-state index is 12.9. The highest BCUT2D eigenvalue weighted by Gasteiger charge is 2.16. The third-order valence-corrected chi connectivity index (χ3v) is 4.45. The van der Waals surface area contributed by atoms with E-state index in [9.17, 15) is 14.0 Å². The van der Waals surface area contributed by atoms with Gasteiger partial charge >= 0.3 is 0 Å². The van der Waals surface area contributed by atoms with Crippen LogP contribution in [0, 0.1) is 12.7 Å². The number of amides is 2. The van der Waals surface area contributed by atoms with E-state index in [2.05, 4.69) is 31.9 Å². The maximum Gasteiger partial charge on any atom is 0.273 e. The quantitative estimate of drug-likeness (QED) is 0.624. The second kappa shape index (κ2) is 8.13. The van der Waals surface area contributed by atoms with Crippen LogP contribution in [0.25, 0.3) is 5.69 Å². The molecule has 3 rings (SSSR count). The first-order valence-corrected chi connectivity index (χ1v) is 8.87. The summed E-state index contributed by atoms with van der Waals surface area (Å²) in [5.74, 6) is -1.25. The molecule has 3 aromatic rings. The zero-order valence-corrected chi connectivity index (χ0v) is 16.0. The highest BCUT2D eigenvalue weighted by Crippen LogP contribution is 2.17. The van der Waals surface area contributed by atoms with Crippen LogP contribution in [0.15, 0.2) is 59.2 Å². The number of hydrogen-bond acceptors (Lipinski definition) is 3. The van der Waals surface area contributed by atoms with Gasteiger partial charge in [-0.1, -0.05) is 28.1 Å². The van der Waals surface area contributed by atoms with Gasteiger partial charge in [0.25, 0.3) is 5.91 Å². The SMILES string of the molecule is Cc1c(C(=O)NNC(=O)Cc2ccc(F)cc2)cnn1-c1ccc(Br)cc1. The molecule has 0 aliphatic rings. The lowest BCUT2D eigenvalue weighted by molar-refractivity contribution is -0.121. The van der Waals surface area contributed by atoms with Crippen LogP contribution < -0.4 is 10.9 Å². The number of hydrogen-bond donors (Lipinski definition) is 2. The summed E-state index contributed by atoms with van der Waals surface area (Å²) in [5, 5.41) is 4.23. The molecule has 2 amide bonds. The Morgan fingerprint density at radius 3 is 2.41 bits per heavy atom. The molecule has 2 aromatic carbocycles. The molecular weight excluding hydrogens is 415 g/mol. The normalized spacial score (nSPS) is 10.5. The van der Waals surface area contributed by atoms with Gasteiger partial charge < -0.3 is 0 Å². The number of halogens is 2. The molecule has 0 bridgehead atoms. The van der Waals surface area contributed by atoms with E-state index in [4.69, 9.17) is 0 Å². The minimum absolute atomic E-state index is 0.0255. The fourth-order valence-electron chi connectivity index (χ4n) is 2.50. The predicted octanol–water partition coefficient (Wildman–Crippen LogP) is 3.09. The van der Waals surface area contributed by atoms with Gasteiger partial charge in [0.05, 0.1) is 29.6 Å². The van der Waals surface area contributed by atoms with Crippen molar-refractivity contribution in [2.45, 2.75) is 13.3 Å². The second-order valence-electron chi connectivity index (χ2n) is 5.84. The first-order valence-electron chi connectivity index (χ1n) is 8.08. The van der Waals surface area contributed by atoms with E-state index in [0.717, 1.165) is 10.2 Å². The smallest absolute Gasteiger partial charge is 0.273 e. The molecule has 0 saturated carbocycles. The van der Waals surface area contributed by atoms with Crippen molar-refractivity contribution in [1.82, 2.24) is 20.6 Å². The van der Waals surface area contributed by atoms with E-state index in [1.165, 1.54) is 30.5 Å². The lowest BCUT2D eigenvalue weighted by Crippen LogP contribution is -2.42. The van der Waals surface area contributed by atoms with Crippen LogP contribution in [0.2, 0.25) is 0 Å². The number of nitrogens with one attached hydrogen (secondary N) is 2. The van der Waals surface area contributed by atoms with E-state index in [0.29, 0.717) is 16.8 Å². The van der Waals surface area contributed by atoms with Crippen molar-refractivity contribution in [2.24, 2.45) is 0 Å².